The van der Waals surface area contributed by atoms with E-state index in [-0.39, 0.29) is 11.1 Å². The number of piperidine rings is 1. The van der Waals surface area contributed by atoms with Gasteiger partial charge in [0.15, 0.2) is 11.5 Å². The number of hydrogen-bond acceptors (Lipinski definition) is 5. The number of aromatic amines is 1. The number of hydrogen-bond donors (Lipinski definition) is 2. The van der Waals surface area contributed by atoms with Gasteiger partial charge in [-0.2, -0.15) is 0 Å². The van der Waals surface area contributed by atoms with Crippen molar-refractivity contribution in [1.82, 2.24) is 15.2 Å². The summed E-state index contributed by atoms with van der Waals surface area (Å²) in [6.07, 6.45) is 2.42. The van der Waals surface area contributed by atoms with E-state index in [9.17, 15) is 0 Å². The van der Waals surface area contributed by atoms with Crippen LogP contribution in [0.15, 0.2) is 36.4 Å². The Morgan fingerprint density at radius 1 is 0.842 bits per heavy atom. The number of aromatic nitrogens is 1. The van der Waals surface area contributed by atoms with Crippen molar-refractivity contribution < 1.29 is 9.47 Å². The first-order chi connectivity index (χ1) is 18.0. The third kappa shape index (κ3) is 5.26. The summed E-state index contributed by atoms with van der Waals surface area (Å²) < 4.78 is 11.1. The minimum atomic E-state index is 0.182. The van der Waals surface area contributed by atoms with Crippen LogP contribution in [-0.4, -0.2) is 67.4 Å². The lowest BCUT2D eigenvalue weighted by Gasteiger charge is -2.51. The minimum absolute atomic E-state index is 0.182. The van der Waals surface area contributed by atoms with Gasteiger partial charge in [0.1, 0.15) is 0 Å². The second-order valence-electron chi connectivity index (χ2n) is 12.8. The van der Waals surface area contributed by atoms with Crippen LogP contribution in [0.5, 0.6) is 11.5 Å². The molecule has 2 aliphatic heterocycles. The Labute approximate surface area is 228 Å². The van der Waals surface area contributed by atoms with Crippen LogP contribution in [0.3, 0.4) is 0 Å². The van der Waals surface area contributed by atoms with Crippen molar-refractivity contribution in [3.8, 4) is 22.8 Å². The second kappa shape index (κ2) is 10.1. The highest BCUT2D eigenvalue weighted by molar-refractivity contribution is 5.93. The molecule has 0 amide bonds. The van der Waals surface area contributed by atoms with Crippen LogP contribution in [0.25, 0.3) is 22.2 Å². The Hall–Kier alpha value is -2.70. The average molecular weight is 519 g/mol. The van der Waals surface area contributed by atoms with Gasteiger partial charge in [0.05, 0.1) is 19.9 Å². The first kappa shape index (κ1) is 26.9. The molecule has 0 unspecified atom stereocenters. The van der Waals surface area contributed by atoms with Gasteiger partial charge in [0.2, 0.25) is 0 Å². The number of nitrogens with one attached hydrogen (secondary N) is 2. The number of rotatable bonds is 6. The Kier molecular flexibility index (Phi) is 7.16. The van der Waals surface area contributed by atoms with Gasteiger partial charge >= 0.3 is 0 Å². The Balaban J connectivity index is 1.39. The molecule has 1 aromatic heterocycles. The highest BCUT2D eigenvalue weighted by Gasteiger charge is 2.40. The number of ether oxygens (including phenoxy) is 2. The molecule has 0 atom stereocenters. The molecule has 2 saturated heterocycles. The van der Waals surface area contributed by atoms with Crippen LogP contribution in [0, 0.1) is 0 Å². The molecule has 3 heterocycles. The van der Waals surface area contributed by atoms with Gasteiger partial charge in [0.25, 0.3) is 0 Å². The fourth-order valence-corrected chi connectivity index (χ4v) is 7.09. The maximum atomic E-state index is 5.59. The fourth-order valence-electron chi connectivity index (χ4n) is 7.09. The van der Waals surface area contributed by atoms with E-state index < -0.39 is 0 Å². The number of H-pyrrole nitrogens is 1. The maximum absolute atomic E-state index is 5.59. The van der Waals surface area contributed by atoms with E-state index in [1.165, 1.54) is 35.0 Å². The summed E-state index contributed by atoms with van der Waals surface area (Å²) >= 11 is 0. The van der Waals surface area contributed by atoms with Crippen molar-refractivity contribution in [2.24, 2.45) is 0 Å². The number of nitrogens with zero attached hydrogens (tertiary/aromatic N) is 2. The molecular formula is C32H46N4O2. The topological polar surface area (TPSA) is 52.8 Å². The first-order valence-electron chi connectivity index (χ1n) is 14.2. The van der Waals surface area contributed by atoms with E-state index in [1.54, 1.807) is 14.2 Å². The van der Waals surface area contributed by atoms with Gasteiger partial charge in [-0.3, -0.25) is 4.90 Å². The average Bonchev–Trinajstić information content (AvgIpc) is 3.25. The molecule has 5 rings (SSSR count). The van der Waals surface area contributed by atoms with Crippen molar-refractivity contribution in [3.63, 3.8) is 0 Å². The monoisotopic (exact) mass is 518 g/mol. The SMILES string of the molecule is COc1ccc(-c2[nH]c3ccc(N4CCN(C5CC(C)(C)NC(C)(C)C5)CC4)cc3c2C(C)C)cc1OC. The normalized spacial score (nSPS) is 20.3. The van der Waals surface area contributed by atoms with Crippen LogP contribution in [0.4, 0.5) is 5.69 Å². The summed E-state index contributed by atoms with van der Waals surface area (Å²) in [4.78, 5) is 9.03. The number of methoxy groups -OCH3 is 2. The van der Waals surface area contributed by atoms with Gasteiger partial charge in [0, 0.05) is 65.5 Å². The Bertz CT molecular complexity index is 1270. The Morgan fingerprint density at radius 3 is 2.11 bits per heavy atom. The van der Waals surface area contributed by atoms with E-state index in [0.29, 0.717) is 12.0 Å². The zero-order valence-corrected chi connectivity index (χ0v) is 24.6. The lowest BCUT2D eigenvalue weighted by Crippen LogP contribution is -2.63. The second-order valence-corrected chi connectivity index (χ2v) is 12.8. The summed E-state index contributed by atoms with van der Waals surface area (Å²) in [6.45, 7) is 18.3. The summed E-state index contributed by atoms with van der Waals surface area (Å²) in [7, 11) is 3.37. The fraction of sp³-hybridized carbons (Fsp3) is 0.562. The molecule has 3 aromatic rings. The van der Waals surface area contributed by atoms with E-state index in [1.807, 2.05) is 6.07 Å². The lowest BCUT2D eigenvalue weighted by atomic mass is 9.79. The van der Waals surface area contributed by atoms with Crippen LogP contribution < -0.4 is 19.7 Å². The maximum Gasteiger partial charge on any atom is 0.161 e. The van der Waals surface area contributed by atoms with Gasteiger partial charge < -0.3 is 24.7 Å². The first-order valence-corrected chi connectivity index (χ1v) is 14.2. The van der Waals surface area contributed by atoms with Gasteiger partial charge in [-0.1, -0.05) is 13.8 Å². The van der Waals surface area contributed by atoms with Crippen LogP contribution in [0.1, 0.15) is 65.9 Å². The van der Waals surface area contributed by atoms with Gasteiger partial charge in [-0.15, -0.1) is 0 Å². The van der Waals surface area contributed by atoms with Gasteiger partial charge in [-0.05, 0) is 88.4 Å². The van der Waals surface area contributed by atoms with E-state index >= 15 is 0 Å². The molecule has 2 aromatic carbocycles. The third-order valence-corrected chi connectivity index (χ3v) is 8.44. The number of anilines is 1. The smallest absolute Gasteiger partial charge is 0.161 e. The summed E-state index contributed by atoms with van der Waals surface area (Å²) in [5.41, 5.74) is 6.50. The number of fused-ring (bicyclic) bond motifs is 1. The van der Waals surface area contributed by atoms with Crippen LogP contribution in [-0.2, 0) is 0 Å². The molecule has 0 bridgehead atoms. The molecule has 6 heteroatoms. The zero-order valence-electron chi connectivity index (χ0n) is 24.6. The molecule has 206 valence electrons. The molecule has 0 aliphatic carbocycles. The molecule has 38 heavy (non-hydrogen) atoms. The van der Waals surface area contributed by atoms with Crippen molar-refractivity contribution in [3.05, 3.63) is 42.0 Å². The van der Waals surface area contributed by atoms with Crippen LogP contribution >= 0.6 is 0 Å². The predicted molar refractivity (Wildman–Crippen MR) is 159 cm³/mol. The van der Waals surface area contributed by atoms with Crippen molar-refractivity contribution in [2.75, 3.05) is 45.3 Å². The molecule has 2 aliphatic rings. The third-order valence-electron chi connectivity index (χ3n) is 8.44. The number of benzene rings is 2. The Morgan fingerprint density at radius 2 is 1.50 bits per heavy atom. The van der Waals surface area contributed by atoms with Crippen molar-refractivity contribution in [1.29, 1.82) is 0 Å². The summed E-state index contributed by atoms with van der Waals surface area (Å²) in [5, 5.41) is 5.15. The largest absolute Gasteiger partial charge is 0.493 e. The van der Waals surface area contributed by atoms with Crippen molar-refractivity contribution >= 4 is 16.6 Å². The van der Waals surface area contributed by atoms with Crippen molar-refractivity contribution in [2.45, 2.75) is 77.4 Å². The molecular weight excluding hydrogens is 472 g/mol. The molecule has 6 nitrogen and oxygen atoms in total. The van der Waals surface area contributed by atoms with Crippen LogP contribution in [0.2, 0.25) is 0 Å². The molecule has 2 N–H and O–H groups in total. The quantitative estimate of drug-likeness (QED) is 0.395. The molecule has 0 spiro atoms. The summed E-state index contributed by atoms with van der Waals surface area (Å²) in [6, 6.07) is 13.8. The van der Waals surface area contributed by atoms with E-state index in [4.69, 9.17) is 9.47 Å². The minimum Gasteiger partial charge on any atom is -0.493 e. The highest BCUT2D eigenvalue weighted by atomic mass is 16.5. The summed E-state index contributed by atoms with van der Waals surface area (Å²) in [5.74, 6) is 1.87. The predicted octanol–water partition coefficient (Wildman–Crippen LogP) is 6.41. The zero-order chi connectivity index (χ0) is 27.2. The lowest BCUT2D eigenvalue weighted by molar-refractivity contribution is 0.0627. The van der Waals surface area contributed by atoms with E-state index in [0.717, 1.165) is 48.9 Å². The highest BCUT2D eigenvalue weighted by Crippen LogP contribution is 2.40. The van der Waals surface area contributed by atoms with E-state index in [2.05, 4.69) is 92.0 Å². The number of piperazine rings is 1. The molecule has 0 radical (unpaired) electrons. The standard InChI is InChI=1S/C32H46N4O2/c1-21(2)29-25-18-23(10-11-26(25)33-30(29)22-9-12-27(37-7)28(17-22)38-8)35-13-15-36(16-14-35)24-19-31(3,4)34-32(5,6)20-24/h9-12,17-18,21,24,33-34H,13-16,19-20H2,1-8H3. The molecule has 0 saturated carbocycles. The van der Waals surface area contributed by atoms with Gasteiger partial charge in [-0.25, -0.2) is 0 Å². The molecule has 2 fully saturated rings.